The number of aromatic nitrogens is 3. The van der Waals surface area contributed by atoms with E-state index in [9.17, 15) is 13.2 Å². The van der Waals surface area contributed by atoms with E-state index < -0.39 is 16.1 Å². The second-order valence-electron chi connectivity index (χ2n) is 6.74. The Labute approximate surface area is 169 Å². The SMILES string of the molecule is CCS(=O)(=O)NC(CCSC)C(=O)Nc1ccc(-c2n[nH]c(C3CC3)n2)cc1. The van der Waals surface area contributed by atoms with Crippen LogP contribution in [0.15, 0.2) is 24.3 Å². The molecule has 1 aliphatic carbocycles. The van der Waals surface area contributed by atoms with E-state index in [0.29, 0.717) is 29.6 Å². The normalized spacial score (nSPS) is 15.4. The molecule has 8 nitrogen and oxygen atoms in total. The highest BCUT2D eigenvalue weighted by Crippen LogP contribution is 2.38. The lowest BCUT2D eigenvalue weighted by atomic mass is 10.2. The number of benzene rings is 1. The van der Waals surface area contributed by atoms with Crippen LogP contribution < -0.4 is 10.0 Å². The van der Waals surface area contributed by atoms with Crippen LogP contribution in [0.25, 0.3) is 11.4 Å². The van der Waals surface area contributed by atoms with Gasteiger partial charge in [0.05, 0.1) is 5.75 Å². The van der Waals surface area contributed by atoms with Crippen LogP contribution in [0.4, 0.5) is 5.69 Å². The molecule has 1 aromatic carbocycles. The van der Waals surface area contributed by atoms with Crippen LogP contribution in [-0.2, 0) is 14.8 Å². The van der Waals surface area contributed by atoms with Crippen LogP contribution in [0.5, 0.6) is 0 Å². The Morgan fingerprint density at radius 1 is 1.32 bits per heavy atom. The van der Waals surface area contributed by atoms with E-state index in [1.54, 1.807) is 30.8 Å². The summed E-state index contributed by atoms with van der Waals surface area (Å²) < 4.78 is 26.2. The van der Waals surface area contributed by atoms with Gasteiger partial charge in [0.2, 0.25) is 15.9 Å². The van der Waals surface area contributed by atoms with Gasteiger partial charge in [0.25, 0.3) is 0 Å². The molecule has 3 N–H and O–H groups in total. The first-order valence-corrected chi connectivity index (χ1v) is 12.3. The van der Waals surface area contributed by atoms with E-state index in [2.05, 4.69) is 25.2 Å². The zero-order valence-corrected chi connectivity index (χ0v) is 17.6. The Morgan fingerprint density at radius 2 is 2.04 bits per heavy atom. The number of anilines is 1. The molecule has 0 spiro atoms. The Bertz CT molecular complexity index is 908. The lowest BCUT2D eigenvalue weighted by Crippen LogP contribution is -2.44. The molecular formula is C18H25N5O3S2. The Hall–Kier alpha value is -1.91. The van der Waals surface area contributed by atoms with Crippen LogP contribution in [0, 0.1) is 0 Å². The highest BCUT2D eigenvalue weighted by molar-refractivity contribution is 7.98. The van der Waals surface area contributed by atoms with Crippen molar-refractivity contribution >= 4 is 33.4 Å². The fraction of sp³-hybridized carbons (Fsp3) is 0.500. The van der Waals surface area contributed by atoms with E-state index in [1.807, 2.05) is 18.4 Å². The summed E-state index contributed by atoms with van der Waals surface area (Å²) in [5.41, 5.74) is 1.45. The summed E-state index contributed by atoms with van der Waals surface area (Å²) in [7, 11) is -3.47. The van der Waals surface area contributed by atoms with Crippen molar-refractivity contribution in [3.63, 3.8) is 0 Å². The van der Waals surface area contributed by atoms with Crippen LogP contribution in [-0.4, -0.2) is 53.3 Å². The molecule has 1 aromatic heterocycles. The summed E-state index contributed by atoms with van der Waals surface area (Å²) in [6.07, 6.45) is 4.64. The molecule has 10 heteroatoms. The first kappa shape index (κ1) is 20.8. The standard InChI is InChI=1S/C18H25N5O3S2/c1-3-28(25,26)23-15(10-11-27-2)18(24)19-14-8-6-13(7-9-14)17-20-16(21-22-17)12-4-5-12/h6-9,12,15,23H,3-5,10-11H2,1-2H3,(H,19,24)(H,20,21,22). The lowest BCUT2D eigenvalue weighted by Gasteiger charge is -2.17. The van der Waals surface area contributed by atoms with Crippen molar-refractivity contribution < 1.29 is 13.2 Å². The molecule has 1 atom stereocenters. The van der Waals surface area contributed by atoms with Gasteiger partial charge in [-0.25, -0.2) is 18.1 Å². The number of carbonyl (C=O) groups is 1. The number of hydrogen-bond acceptors (Lipinski definition) is 6. The number of hydrogen-bond donors (Lipinski definition) is 3. The van der Waals surface area contributed by atoms with Crippen molar-refractivity contribution in [2.75, 3.05) is 23.1 Å². The van der Waals surface area contributed by atoms with Crippen molar-refractivity contribution in [3.05, 3.63) is 30.1 Å². The van der Waals surface area contributed by atoms with Crippen molar-refractivity contribution in [3.8, 4) is 11.4 Å². The van der Waals surface area contributed by atoms with E-state index in [4.69, 9.17) is 0 Å². The van der Waals surface area contributed by atoms with E-state index in [1.165, 1.54) is 0 Å². The quantitative estimate of drug-likeness (QED) is 0.540. The fourth-order valence-corrected chi connectivity index (χ4v) is 3.95. The van der Waals surface area contributed by atoms with Gasteiger partial charge < -0.3 is 5.32 Å². The highest BCUT2D eigenvalue weighted by Gasteiger charge is 2.27. The topological polar surface area (TPSA) is 117 Å². The predicted octanol–water partition coefficient (Wildman–Crippen LogP) is 2.35. The molecule has 3 rings (SSSR count). The first-order chi connectivity index (χ1) is 13.4. The molecule has 0 bridgehead atoms. The number of thioether (sulfide) groups is 1. The third kappa shape index (κ3) is 5.55. The second-order valence-corrected chi connectivity index (χ2v) is 9.77. The molecule has 0 radical (unpaired) electrons. The summed E-state index contributed by atoms with van der Waals surface area (Å²) >= 11 is 1.56. The third-order valence-corrected chi connectivity index (χ3v) is 6.55. The molecule has 1 amide bonds. The van der Waals surface area contributed by atoms with Crippen LogP contribution in [0.3, 0.4) is 0 Å². The second kappa shape index (κ2) is 9.06. The van der Waals surface area contributed by atoms with E-state index in [-0.39, 0.29) is 11.7 Å². The number of nitrogens with one attached hydrogen (secondary N) is 3. The highest BCUT2D eigenvalue weighted by atomic mass is 32.2. The molecule has 2 aromatic rings. The molecule has 1 unspecified atom stereocenters. The summed E-state index contributed by atoms with van der Waals surface area (Å²) in [6.45, 7) is 1.54. The summed E-state index contributed by atoms with van der Waals surface area (Å²) in [5.74, 6) is 2.31. The van der Waals surface area contributed by atoms with Gasteiger partial charge in [-0.2, -0.15) is 16.9 Å². The summed E-state index contributed by atoms with van der Waals surface area (Å²) in [4.78, 5) is 17.1. The summed E-state index contributed by atoms with van der Waals surface area (Å²) in [5, 5.41) is 10.0. The van der Waals surface area contributed by atoms with E-state index in [0.717, 1.165) is 24.2 Å². The van der Waals surface area contributed by atoms with Gasteiger partial charge in [0.1, 0.15) is 11.9 Å². The third-order valence-electron chi connectivity index (χ3n) is 4.51. The van der Waals surface area contributed by atoms with Crippen LogP contribution >= 0.6 is 11.8 Å². The maximum atomic E-state index is 12.6. The average molecular weight is 424 g/mol. The smallest absolute Gasteiger partial charge is 0.242 e. The van der Waals surface area contributed by atoms with Crippen molar-refractivity contribution in [1.29, 1.82) is 0 Å². The summed E-state index contributed by atoms with van der Waals surface area (Å²) in [6, 6.07) is 6.40. The fourth-order valence-electron chi connectivity index (χ4n) is 2.65. The Balaban J connectivity index is 1.65. The molecule has 28 heavy (non-hydrogen) atoms. The Kier molecular flexibility index (Phi) is 6.73. The minimum atomic E-state index is -3.47. The van der Waals surface area contributed by atoms with Crippen LogP contribution in [0.2, 0.25) is 0 Å². The van der Waals surface area contributed by atoms with Gasteiger partial charge in [0, 0.05) is 17.2 Å². The molecule has 1 saturated carbocycles. The van der Waals surface area contributed by atoms with Gasteiger partial charge in [-0.1, -0.05) is 0 Å². The molecule has 1 aliphatic rings. The molecule has 0 saturated heterocycles. The molecule has 1 fully saturated rings. The minimum absolute atomic E-state index is 0.0652. The monoisotopic (exact) mass is 423 g/mol. The van der Waals surface area contributed by atoms with Crippen LogP contribution in [0.1, 0.15) is 37.9 Å². The number of sulfonamides is 1. The van der Waals surface area contributed by atoms with Crippen molar-refractivity contribution in [2.24, 2.45) is 0 Å². The maximum absolute atomic E-state index is 12.6. The minimum Gasteiger partial charge on any atom is -0.325 e. The molecular weight excluding hydrogens is 398 g/mol. The van der Waals surface area contributed by atoms with Crippen molar-refractivity contribution in [1.82, 2.24) is 19.9 Å². The number of H-pyrrole nitrogens is 1. The van der Waals surface area contributed by atoms with Gasteiger partial charge in [-0.15, -0.1) is 0 Å². The van der Waals surface area contributed by atoms with Gasteiger partial charge in [0.15, 0.2) is 5.82 Å². The zero-order valence-electron chi connectivity index (χ0n) is 15.9. The van der Waals surface area contributed by atoms with Gasteiger partial charge in [-0.05, 0) is 62.5 Å². The number of carbonyl (C=O) groups excluding carboxylic acids is 1. The largest absolute Gasteiger partial charge is 0.325 e. The zero-order chi connectivity index (χ0) is 20.1. The lowest BCUT2D eigenvalue weighted by molar-refractivity contribution is -0.117. The number of rotatable bonds is 10. The number of nitrogens with zero attached hydrogens (tertiary/aromatic N) is 2. The van der Waals surface area contributed by atoms with Crippen molar-refractivity contribution in [2.45, 2.75) is 38.1 Å². The first-order valence-electron chi connectivity index (χ1n) is 9.24. The van der Waals surface area contributed by atoms with Gasteiger partial charge in [-0.3, -0.25) is 9.89 Å². The van der Waals surface area contributed by atoms with Gasteiger partial charge >= 0.3 is 0 Å². The number of amides is 1. The Morgan fingerprint density at radius 3 is 2.64 bits per heavy atom. The average Bonchev–Trinajstić information content (AvgIpc) is 3.42. The van der Waals surface area contributed by atoms with E-state index >= 15 is 0 Å². The molecule has 1 heterocycles. The predicted molar refractivity (Wildman–Crippen MR) is 112 cm³/mol. The number of aromatic amines is 1. The maximum Gasteiger partial charge on any atom is 0.242 e. The molecule has 152 valence electrons. The molecule has 0 aliphatic heterocycles.